The van der Waals surface area contributed by atoms with Crippen molar-refractivity contribution in [3.8, 4) is 0 Å². The van der Waals surface area contributed by atoms with Crippen LogP contribution in [-0.2, 0) is 5.41 Å². The molecule has 1 rings (SSSR count). The van der Waals surface area contributed by atoms with E-state index < -0.39 is 0 Å². The molecule has 0 heterocycles. The lowest BCUT2D eigenvalue weighted by atomic mass is 9.86. The maximum absolute atomic E-state index is 12.1. The summed E-state index contributed by atoms with van der Waals surface area (Å²) >= 11 is 0. The Balaban J connectivity index is 2.78. The number of aliphatic hydroxyl groups excluding tert-OH is 1. The largest absolute Gasteiger partial charge is 0.394 e. The van der Waals surface area contributed by atoms with Crippen molar-refractivity contribution in [2.75, 3.05) is 6.61 Å². The van der Waals surface area contributed by atoms with Crippen LogP contribution in [0.2, 0.25) is 0 Å². The van der Waals surface area contributed by atoms with Crippen LogP contribution in [0.3, 0.4) is 0 Å². The molecule has 1 aromatic carbocycles. The molecule has 1 atom stereocenters. The van der Waals surface area contributed by atoms with Crippen molar-refractivity contribution < 1.29 is 9.90 Å². The van der Waals surface area contributed by atoms with Gasteiger partial charge in [-0.25, -0.2) is 0 Å². The first-order chi connectivity index (χ1) is 8.75. The van der Waals surface area contributed by atoms with Gasteiger partial charge in [0.1, 0.15) is 0 Å². The summed E-state index contributed by atoms with van der Waals surface area (Å²) in [5.41, 5.74) is 1.92. The Morgan fingerprint density at radius 3 is 2.11 bits per heavy atom. The Labute approximate surface area is 116 Å². The first-order valence-corrected chi connectivity index (χ1v) is 6.78. The molecule has 0 aliphatic carbocycles. The summed E-state index contributed by atoms with van der Waals surface area (Å²) in [6, 6.07) is 7.45. The minimum absolute atomic E-state index is 0.0382. The van der Waals surface area contributed by atoms with E-state index in [-0.39, 0.29) is 29.9 Å². The summed E-state index contributed by atoms with van der Waals surface area (Å²) in [6.45, 7) is 10.3. The summed E-state index contributed by atoms with van der Waals surface area (Å²) in [4.78, 5) is 12.1. The van der Waals surface area contributed by atoms with Crippen molar-refractivity contribution in [3.63, 3.8) is 0 Å². The molecule has 2 N–H and O–H groups in total. The van der Waals surface area contributed by atoms with Crippen molar-refractivity contribution in [3.05, 3.63) is 35.4 Å². The van der Waals surface area contributed by atoms with Gasteiger partial charge in [0.15, 0.2) is 0 Å². The fraction of sp³-hybridized carbons (Fsp3) is 0.562. The van der Waals surface area contributed by atoms with E-state index in [0.29, 0.717) is 5.56 Å². The average Bonchev–Trinajstić information content (AvgIpc) is 2.34. The Bertz CT molecular complexity index is 415. The summed E-state index contributed by atoms with van der Waals surface area (Å²) < 4.78 is 0. The summed E-state index contributed by atoms with van der Waals surface area (Å²) in [7, 11) is 0. The van der Waals surface area contributed by atoms with Gasteiger partial charge >= 0.3 is 0 Å². The van der Waals surface area contributed by atoms with Crippen LogP contribution in [-0.4, -0.2) is 23.7 Å². The van der Waals surface area contributed by atoms with E-state index in [0.717, 1.165) is 0 Å². The molecule has 3 heteroatoms. The zero-order valence-corrected chi connectivity index (χ0v) is 12.5. The highest BCUT2D eigenvalue weighted by molar-refractivity contribution is 5.94. The van der Waals surface area contributed by atoms with Crippen molar-refractivity contribution in [2.45, 2.75) is 46.1 Å². The third kappa shape index (κ3) is 4.35. The summed E-state index contributed by atoms with van der Waals surface area (Å²) in [6.07, 6.45) is 0. The van der Waals surface area contributed by atoms with Crippen molar-refractivity contribution >= 4 is 5.91 Å². The number of hydrogen-bond donors (Lipinski definition) is 2. The van der Waals surface area contributed by atoms with Crippen molar-refractivity contribution in [1.29, 1.82) is 0 Å². The lowest BCUT2D eigenvalue weighted by Crippen LogP contribution is -2.41. The molecule has 1 amide bonds. The number of aliphatic hydroxyl groups is 1. The van der Waals surface area contributed by atoms with E-state index >= 15 is 0 Å². The van der Waals surface area contributed by atoms with Crippen LogP contribution in [0.5, 0.6) is 0 Å². The van der Waals surface area contributed by atoms with Crippen LogP contribution in [0.25, 0.3) is 0 Å². The lowest BCUT2D eigenvalue weighted by molar-refractivity contribution is 0.0897. The van der Waals surface area contributed by atoms with E-state index in [1.165, 1.54) is 5.56 Å². The molecular formula is C16H25NO2. The second-order valence-corrected chi connectivity index (χ2v) is 6.33. The van der Waals surface area contributed by atoms with Crippen LogP contribution in [0, 0.1) is 5.92 Å². The van der Waals surface area contributed by atoms with E-state index in [1.54, 1.807) is 0 Å². The number of carbonyl (C=O) groups is 1. The van der Waals surface area contributed by atoms with E-state index in [2.05, 4.69) is 26.1 Å². The SMILES string of the molecule is CC(C)[C@@H](CO)NC(=O)c1ccc(C(C)(C)C)cc1. The second kappa shape index (κ2) is 6.20. The molecule has 0 spiro atoms. The molecule has 106 valence electrons. The first-order valence-electron chi connectivity index (χ1n) is 6.78. The molecule has 0 unspecified atom stereocenters. The number of rotatable bonds is 4. The molecule has 0 fully saturated rings. The van der Waals surface area contributed by atoms with Crippen molar-refractivity contribution in [2.24, 2.45) is 5.92 Å². The number of hydrogen-bond acceptors (Lipinski definition) is 2. The molecule has 1 aromatic rings. The average molecular weight is 263 g/mol. The quantitative estimate of drug-likeness (QED) is 0.877. The summed E-state index contributed by atoms with van der Waals surface area (Å²) in [5.74, 6) is 0.0796. The zero-order chi connectivity index (χ0) is 14.6. The third-order valence-electron chi connectivity index (χ3n) is 3.33. The lowest BCUT2D eigenvalue weighted by Gasteiger charge is -2.21. The van der Waals surface area contributed by atoms with Gasteiger partial charge in [0.25, 0.3) is 5.91 Å². The molecule has 0 saturated heterocycles. The monoisotopic (exact) mass is 263 g/mol. The highest BCUT2D eigenvalue weighted by Gasteiger charge is 2.17. The zero-order valence-electron chi connectivity index (χ0n) is 12.5. The predicted molar refractivity (Wildman–Crippen MR) is 78.3 cm³/mol. The number of benzene rings is 1. The van der Waals surface area contributed by atoms with Gasteiger partial charge in [-0.3, -0.25) is 4.79 Å². The van der Waals surface area contributed by atoms with Gasteiger partial charge in [-0.05, 0) is 29.0 Å². The van der Waals surface area contributed by atoms with Gasteiger partial charge in [0, 0.05) is 5.56 Å². The minimum Gasteiger partial charge on any atom is -0.394 e. The third-order valence-corrected chi connectivity index (χ3v) is 3.33. The Hall–Kier alpha value is -1.35. The van der Waals surface area contributed by atoms with Gasteiger partial charge in [-0.1, -0.05) is 46.8 Å². The van der Waals surface area contributed by atoms with Crippen LogP contribution in [0.15, 0.2) is 24.3 Å². The molecule has 3 nitrogen and oxygen atoms in total. The molecule has 0 saturated carbocycles. The maximum Gasteiger partial charge on any atom is 0.251 e. The smallest absolute Gasteiger partial charge is 0.251 e. The van der Waals surface area contributed by atoms with E-state index in [1.807, 2.05) is 38.1 Å². The molecule has 0 aliphatic heterocycles. The fourth-order valence-electron chi connectivity index (χ4n) is 1.80. The molecule has 0 bridgehead atoms. The number of nitrogens with one attached hydrogen (secondary N) is 1. The Morgan fingerprint density at radius 1 is 1.21 bits per heavy atom. The molecule has 19 heavy (non-hydrogen) atoms. The minimum atomic E-state index is -0.199. The molecule has 0 radical (unpaired) electrons. The van der Waals surface area contributed by atoms with Crippen LogP contribution >= 0.6 is 0 Å². The van der Waals surface area contributed by atoms with Gasteiger partial charge < -0.3 is 10.4 Å². The van der Waals surface area contributed by atoms with Crippen LogP contribution in [0.1, 0.15) is 50.5 Å². The molecule has 0 aromatic heterocycles. The predicted octanol–water partition coefficient (Wildman–Crippen LogP) is 2.73. The number of carbonyl (C=O) groups excluding carboxylic acids is 1. The fourth-order valence-corrected chi connectivity index (χ4v) is 1.80. The van der Waals surface area contributed by atoms with E-state index in [4.69, 9.17) is 0 Å². The topological polar surface area (TPSA) is 49.3 Å². The van der Waals surface area contributed by atoms with Gasteiger partial charge in [-0.2, -0.15) is 0 Å². The highest BCUT2D eigenvalue weighted by atomic mass is 16.3. The molecular weight excluding hydrogens is 238 g/mol. The van der Waals surface area contributed by atoms with Gasteiger partial charge in [0.2, 0.25) is 0 Å². The standard InChI is InChI=1S/C16H25NO2/c1-11(2)14(10-18)17-15(19)12-6-8-13(9-7-12)16(3,4)5/h6-9,11,14,18H,10H2,1-5H3,(H,17,19)/t14-/m1/s1. The highest BCUT2D eigenvalue weighted by Crippen LogP contribution is 2.22. The maximum atomic E-state index is 12.1. The normalized spacial score (nSPS) is 13.4. The van der Waals surface area contributed by atoms with Gasteiger partial charge in [-0.15, -0.1) is 0 Å². The Kier molecular flexibility index (Phi) is 5.12. The molecule has 0 aliphatic rings. The van der Waals surface area contributed by atoms with Crippen molar-refractivity contribution in [1.82, 2.24) is 5.32 Å². The van der Waals surface area contributed by atoms with E-state index in [9.17, 15) is 9.90 Å². The number of amides is 1. The van der Waals surface area contributed by atoms with Crippen LogP contribution < -0.4 is 5.32 Å². The van der Waals surface area contributed by atoms with Gasteiger partial charge in [0.05, 0.1) is 12.6 Å². The second-order valence-electron chi connectivity index (χ2n) is 6.33. The van der Waals surface area contributed by atoms with Crippen LogP contribution in [0.4, 0.5) is 0 Å². The Morgan fingerprint density at radius 2 is 1.74 bits per heavy atom. The first kappa shape index (κ1) is 15.7. The summed E-state index contributed by atoms with van der Waals surface area (Å²) in [5, 5.41) is 12.1.